The second-order valence-corrected chi connectivity index (χ2v) is 14.9. The molecule has 0 saturated heterocycles. The summed E-state index contributed by atoms with van der Waals surface area (Å²) in [7, 11) is 0. The molecule has 0 saturated carbocycles. The number of anilines is 4. The first-order valence-electron chi connectivity index (χ1n) is 19.2. The van der Waals surface area contributed by atoms with Gasteiger partial charge in [0.15, 0.2) is 11.6 Å². The number of aromatic nitrogens is 5. The van der Waals surface area contributed by atoms with Crippen molar-refractivity contribution >= 4 is 85.4 Å². The van der Waals surface area contributed by atoms with Gasteiger partial charge in [-0.25, -0.2) is 17.9 Å². The van der Waals surface area contributed by atoms with Crippen molar-refractivity contribution in [2.24, 2.45) is 0 Å². The predicted octanol–water partition coefficient (Wildman–Crippen LogP) is 10.6. The molecular weight excluding hydrogens is 862 g/mol. The van der Waals surface area contributed by atoms with Crippen molar-refractivity contribution in [2.45, 2.75) is 33.2 Å². The molecule has 16 heteroatoms. The highest BCUT2D eigenvalue weighted by atomic mass is 35.5. The van der Waals surface area contributed by atoms with Crippen LogP contribution in [0, 0.1) is 60.5 Å². The zero-order chi connectivity index (χ0) is 45.9. The third kappa shape index (κ3) is 11.2. The summed E-state index contributed by atoms with van der Waals surface area (Å²) in [6, 6.07) is 19.9. The number of carbonyl (C=O) groups is 2. The van der Waals surface area contributed by atoms with Gasteiger partial charge in [-0.1, -0.05) is 34.3 Å². The molecule has 64 heavy (non-hydrogen) atoms. The molecule has 4 aromatic carbocycles. The zero-order valence-electron chi connectivity index (χ0n) is 34.1. The van der Waals surface area contributed by atoms with E-state index in [1.807, 2.05) is 38.1 Å². The van der Waals surface area contributed by atoms with E-state index in [9.17, 15) is 33.3 Å². The van der Waals surface area contributed by atoms with Gasteiger partial charge in [-0.15, -0.1) is 11.5 Å². The highest BCUT2D eigenvalue weighted by molar-refractivity contribution is 6.31. The molecule has 11 nitrogen and oxygen atoms in total. The van der Waals surface area contributed by atoms with Gasteiger partial charge in [0.25, 0.3) is 0 Å². The van der Waals surface area contributed by atoms with Crippen LogP contribution in [0.25, 0.3) is 27.9 Å². The van der Waals surface area contributed by atoms with Crippen molar-refractivity contribution in [3.05, 3.63) is 158 Å². The molecule has 0 amide bonds. The summed E-state index contributed by atoms with van der Waals surface area (Å²) in [5, 5.41) is 34.3. The molecule has 2 N–H and O–H groups in total. The minimum Gasteiger partial charge on any atom is -0.354 e. The average molecular weight is 897 g/mol. The summed E-state index contributed by atoms with van der Waals surface area (Å²) in [5.74, 6) is 0.911. The van der Waals surface area contributed by atoms with Crippen molar-refractivity contribution in [1.82, 2.24) is 25.0 Å². The number of nitrogens with zero attached hydrogens (tertiary/aromatic N) is 7. The molecule has 3 heterocycles. The molecule has 0 unspecified atom stereocenters. The number of fused-ring (bicyclic) bond motifs is 2. The molecule has 0 spiro atoms. The molecule has 7 rings (SSSR count). The maximum Gasteiger partial charge on any atom is 0.160 e. The molecule has 0 atom stereocenters. The Morgan fingerprint density at radius 1 is 0.781 bits per heavy atom. The molecule has 318 valence electrons. The number of hydrogen-bond donors (Lipinski definition) is 2. The molecule has 7 aromatic rings. The smallest absolute Gasteiger partial charge is 0.160 e. The number of ketones is 2. The van der Waals surface area contributed by atoms with E-state index in [1.165, 1.54) is 77.8 Å². The number of halogens is 5. The van der Waals surface area contributed by atoms with Gasteiger partial charge in [-0.05, 0) is 121 Å². The monoisotopic (exact) mass is 895 g/mol. The second kappa shape index (κ2) is 20.8. The van der Waals surface area contributed by atoms with Gasteiger partial charge in [0.2, 0.25) is 0 Å². The SMILES string of the molecule is C#C/C=C/C(=O)Cc1cc2c(Nc3ccc(F)c(Cl)c3)c(C#N)cnc2cc1C.Cc1cc2ncc(C#N)c(Nc3ccc(F)c(Cl)c3)c2cc1CC(=O)/C=C/c1cn(CCF)nn1. The lowest BCUT2D eigenvalue weighted by atomic mass is 9.98. The third-order valence-corrected chi connectivity index (χ3v) is 10.3. The fourth-order valence-electron chi connectivity index (χ4n) is 6.43. The Morgan fingerprint density at radius 2 is 1.28 bits per heavy atom. The summed E-state index contributed by atoms with van der Waals surface area (Å²) in [5.41, 5.74) is 7.66. The number of allylic oxidation sites excluding steroid dienone is 3. The fraction of sp³-hybridized carbons (Fsp3) is 0.125. The Balaban J connectivity index is 0.000000216. The average Bonchev–Trinajstić information content (AvgIpc) is 3.73. The minimum absolute atomic E-state index is 0.0331. The Morgan fingerprint density at radius 3 is 1.73 bits per heavy atom. The van der Waals surface area contributed by atoms with Crippen LogP contribution in [0.15, 0.2) is 97.5 Å². The van der Waals surface area contributed by atoms with Crippen LogP contribution in [0.5, 0.6) is 0 Å². The lowest BCUT2D eigenvalue weighted by molar-refractivity contribution is -0.114. The third-order valence-electron chi connectivity index (χ3n) is 9.67. The molecule has 0 aliphatic carbocycles. The van der Waals surface area contributed by atoms with Gasteiger partial charge in [0.05, 0.1) is 56.3 Å². The van der Waals surface area contributed by atoms with E-state index in [0.717, 1.165) is 22.3 Å². The lowest BCUT2D eigenvalue weighted by Gasteiger charge is -2.14. The van der Waals surface area contributed by atoms with E-state index in [2.05, 4.69) is 49.0 Å². The number of rotatable bonds is 13. The van der Waals surface area contributed by atoms with Crippen molar-refractivity contribution in [2.75, 3.05) is 17.3 Å². The Labute approximate surface area is 375 Å². The predicted molar refractivity (Wildman–Crippen MR) is 242 cm³/mol. The highest BCUT2D eigenvalue weighted by Gasteiger charge is 2.16. The van der Waals surface area contributed by atoms with Crippen molar-refractivity contribution < 1.29 is 22.8 Å². The molecular formula is C48H34Cl2F3N9O2. The number of hydrogen-bond acceptors (Lipinski definition) is 10. The highest BCUT2D eigenvalue weighted by Crippen LogP contribution is 2.34. The van der Waals surface area contributed by atoms with Gasteiger partial charge in [0, 0.05) is 47.4 Å². The van der Waals surface area contributed by atoms with Crippen LogP contribution in [-0.2, 0) is 29.0 Å². The number of benzene rings is 4. The van der Waals surface area contributed by atoms with Crippen LogP contribution in [0.2, 0.25) is 10.0 Å². The van der Waals surface area contributed by atoms with Crippen molar-refractivity contribution in [3.8, 4) is 24.5 Å². The molecule has 0 aliphatic rings. The Kier molecular flexibility index (Phi) is 14.9. The first-order valence-corrected chi connectivity index (χ1v) is 20.0. The molecule has 0 bridgehead atoms. The molecule has 0 fully saturated rings. The summed E-state index contributed by atoms with van der Waals surface area (Å²) in [4.78, 5) is 33.5. The normalized spacial score (nSPS) is 10.9. The van der Waals surface area contributed by atoms with Crippen LogP contribution in [0.3, 0.4) is 0 Å². The number of terminal acetylenes is 1. The molecule has 0 aliphatic heterocycles. The summed E-state index contributed by atoms with van der Waals surface area (Å²) < 4.78 is 40.8. The maximum atomic E-state index is 13.6. The first kappa shape index (κ1) is 45.7. The number of nitriles is 2. The van der Waals surface area contributed by atoms with Gasteiger partial charge < -0.3 is 10.6 Å². The van der Waals surface area contributed by atoms with Crippen molar-refractivity contribution in [1.29, 1.82) is 10.5 Å². The molecule has 0 radical (unpaired) electrons. The lowest BCUT2D eigenvalue weighted by Crippen LogP contribution is -2.03. The van der Waals surface area contributed by atoms with E-state index < -0.39 is 18.3 Å². The standard InChI is InChI=1S/C25H19ClF2N6O.C23H15ClFN3O/c1-15-8-24-21(10-16(15)9-20(35)4-2-19-14-34(7-6-27)33-32-19)25(17(12-29)13-30-24)31-18-3-5-23(28)22(26)11-18;1-3-4-5-18(29)9-15-10-19-22(8-14(15)2)27-13-16(12-26)23(19)28-17-6-7-21(25)20(24)11-17/h2-5,8,10-11,13-14H,6-7,9H2,1H3,(H,30,31);1,4-8,10-11,13H,9H2,2H3,(H,27,28)/b4-2+;5-4+. The maximum absolute atomic E-state index is 13.6. The van der Waals surface area contributed by atoms with E-state index >= 15 is 0 Å². The zero-order valence-corrected chi connectivity index (χ0v) is 35.6. The van der Waals surface area contributed by atoms with Gasteiger partial charge in [-0.2, -0.15) is 10.5 Å². The van der Waals surface area contributed by atoms with Crippen LogP contribution in [0.1, 0.15) is 39.1 Å². The number of carbonyl (C=O) groups excluding carboxylic acids is 2. The van der Waals surface area contributed by atoms with E-state index in [1.54, 1.807) is 6.20 Å². The Bertz CT molecular complexity index is 3150. The summed E-state index contributed by atoms with van der Waals surface area (Å²) >= 11 is 11.8. The minimum atomic E-state index is -0.555. The number of alkyl halides is 1. The van der Waals surface area contributed by atoms with Crippen LogP contribution < -0.4 is 10.6 Å². The number of nitrogens with one attached hydrogen (secondary N) is 2. The quantitative estimate of drug-likeness (QED) is 0.0841. The fourth-order valence-corrected chi connectivity index (χ4v) is 6.79. The van der Waals surface area contributed by atoms with Gasteiger partial charge >= 0.3 is 0 Å². The van der Waals surface area contributed by atoms with Crippen LogP contribution in [0.4, 0.5) is 35.9 Å². The topological polar surface area (TPSA) is 162 Å². The summed E-state index contributed by atoms with van der Waals surface area (Å²) in [6.07, 6.45) is 15.5. The van der Waals surface area contributed by atoms with Crippen molar-refractivity contribution in [3.63, 3.8) is 0 Å². The van der Waals surface area contributed by atoms with Crippen LogP contribution in [-0.4, -0.2) is 43.2 Å². The van der Waals surface area contributed by atoms with E-state index in [0.29, 0.717) is 55.8 Å². The van der Waals surface area contributed by atoms with Crippen LogP contribution >= 0.6 is 23.2 Å². The second-order valence-electron chi connectivity index (χ2n) is 14.1. The van der Waals surface area contributed by atoms with E-state index in [-0.39, 0.29) is 46.6 Å². The Hall–Kier alpha value is -7.83. The largest absolute Gasteiger partial charge is 0.354 e. The summed E-state index contributed by atoms with van der Waals surface area (Å²) in [6.45, 7) is 3.31. The molecule has 3 aromatic heterocycles. The number of pyridine rings is 2. The van der Waals surface area contributed by atoms with Gasteiger partial charge in [-0.3, -0.25) is 19.6 Å². The number of aryl methyl sites for hydroxylation is 3. The van der Waals surface area contributed by atoms with Gasteiger partial charge in [0.1, 0.15) is 36.1 Å². The van der Waals surface area contributed by atoms with E-state index in [4.69, 9.17) is 29.6 Å². The first-order chi connectivity index (χ1) is 30.8.